The molecule has 0 aliphatic rings. The van der Waals surface area contributed by atoms with E-state index in [1.54, 1.807) is 0 Å². The van der Waals surface area contributed by atoms with Crippen LogP contribution in [0, 0.1) is 0 Å². The van der Waals surface area contributed by atoms with Crippen LogP contribution in [0.25, 0.3) is 0 Å². The highest BCUT2D eigenvalue weighted by atomic mass is 16.6. The summed E-state index contributed by atoms with van der Waals surface area (Å²) in [6.45, 7) is 7.37. The smallest absolute Gasteiger partial charge is 0.306 e. The maximum absolute atomic E-state index is 12.8. The maximum Gasteiger partial charge on any atom is 0.306 e. The Morgan fingerprint density at radius 3 is 1.16 bits per heavy atom. The van der Waals surface area contributed by atoms with Crippen LogP contribution >= 0.6 is 0 Å². The largest absolute Gasteiger partial charge is 0.462 e. The predicted molar refractivity (Wildman–Crippen MR) is 270 cm³/mol. The van der Waals surface area contributed by atoms with Crippen molar-refractivity contribution in [2.24, 2.45) is 0 Å². The molecular formula is C57H96O5. The van der Waals surface area contributed by atoms with E-state index in [2.05, 4.69) is 118 Å². The van der Waals surface area contributed by atoms with Crippen LogP contribution in [0.5, 0.6) is 0 Å². The van der Waals surface area contributed by atoms with Crippen LogP contribution in [-0.2, 0) is 23.8 Å². The van der Waals surface area contributed by atoms with Gasteiger partial charge in [-0.15, -0.1) is 0 Å². The lowest BCUT2D eigenvalue weighted by atomic mass is 10.0. The van der Waals surface area contributed by atoms with E-state index >= 15 is 0 Å². The maximum atomic E-state index is 12.8. The molecule has 0 aromatic carbocycles. The van der Waals surface area contributed by atoms with Gasteiger partial charge in [0.2, 0.25) is 0 Å². The van der Waals surface area contributed by atoms with Gasteiger partial charge in [0.25, 0.3) is 0 Å². The molecule has 5 heteroatoms. The summed E-state index contributed by atoms with van der Waals surface area (Å²) in [4.78, 5) is 25.4. The molecule has 0 aromatic heterocycles. The topological polar surface area (TPSA) is 61.8 Å². The average molecular weight is 861 g/mol. The number of carbonyl (C=O) groups excluding carboxylic acids is 2. The standard InChI is InChI=1S/C57H96O5/c1-4-7-10-13-16-19-22-25-27-29-30-33-35-38-41-44-47-50-56(58)61-54-55(62-57(59)51-48-45-42-39-36-32-24-21-18-15-12-9-6-3)53-60-52-49-46-43-40-37-34-31-28-26-23-20-17-14-11-8-5-2/h8-9,11-12,17-18,20-21,26,28,32,34,36-37,43,46,55H,4-7,10,13-16,19,22-25,27,29-31,33,35,38-42,44-45,47-54H2,1-3H3/b11-8-,12-9-,20-17-,21-18-,28-26-,36-32-,37-34-,46-43-. The van der Waals surface area contributed by atoms with E-state index < -0.39 is 6.10 Å². The first-order valence-corrected chi connectivity index (χ1v) is 25.8. The number of unbranched alkanes of at least 4 members (excludes halogenated alkanes) is 19. The molecule has 354 valence electrons. The fourth-order valence-electron chi connectivity index (χ4n) is 6.88. The second kappa shape index (κ2) is 52.2. The van der Waals surface area contributed by atoms with Crippen molar-refractivity contribution in [1.29, 1.82) is 0 Å². The van der Waals surface area contributed by atoms with Crippen molar-refractivity contribution in [2.75, 3.05) is 19.8 Å². The number of esters is 2. The number of hydrogen-bond acceptors (Lipinski definition) is 5. The van der Waals surface area contributed by atoms with Gasteiger partial charge < -0.3 is 14.2 Å². The van der Waals surface area contributed by atoms with E-state index in [-0.39, 0.29) is 25.2 Å². The molecular weight excluding hydrogens is 765 g/mol. The van der Waals surface area contributed by atoms with Gasteiger partial charge in [0.05, 0.1) is 13.2 Å². The van der Waals surface area contributed by atoms with Crippen LogP contribution in [-0.4, -0.2) is 37.9 Å². The Hall–Kier alpha value is -3.18. The van der Waals surface area contributed by atoms with E-state index in [1.807, 2.05) is 0 Å². The molecule has 0 aromatic rings. The molecule has 0 radical (unpaired) electrons. The Bertz CT molecular complexity index is 1200. The Kier molecular flexibility index (Phi) is 49.5. The van der Waals surface area contributed by atoms with Gasteiger partial charge in [-0.2, -0.15) is 0 Å². The molecule has 0 aliphatic heterocycles. The third kappa shape index (κ3) is 49.5. The first-order valence-electron chi connectivity index (χ1n) is 25.8. The molecule has 0 N–H and O–H groups in total. The molecule has 0 spiro atoms. The van der Waals surface area contributed by atoms with Gasteiger partial charge in [0.15, 0.2) is 6.10 Å². The molecule has 0 heterocycles. The lowest BCUT2D eigenvalue weighted by Gasteiger charge is -2.18. The van der Waals surface area contributed by atoms with Crippen LogP contribution in [0.15, 0.2) is 97.2 Å². The number of carbonyl (C=O) groups is 2. The molecule has 0 aliphatic carbocycles. The predicted octanol–water partition coefficient (Wildman–Crippen LogP) is 17.5. The zero-order valence-corrected chi connectivity index (χ0v) is 40.6. The monoisotopic (exact) mass is 861 g/mol. The van der Waals surface area contributed by atoms with E-state index in [1.165, 1.54) is 96.3 Å². The van der Waals surface area contributed by atoms with E-state index in [0.29, 0.717) is 19.4 Å². The van der Waals surface area contributed by atoms with Crippen LogP contribution in [0.3, 0.4) is 0 Å². The van der Waals surface area contributed by atoms with Gasteiger partial charge in [0, 0.05) is 12.8 Å². The highest BCUT2D eigenvalue weighted by Crippen LogP contribution is 2.15. The fraction of sp³-hybridized carbons (Fsp3) is 0.684. The summed E-state index contributed by atoms with van der Waals surface area (Å²) in [5.74, 6) is -0.471. The van der Waals surface area contributed by atoms with Crippen molar-refractivity contribution in [2.45, 2.75) is 232 Å². The number of allylic oxidation sites excluding steroid dienone is 15. The summed E-state index contributed by atoms with van der Waals surface area (Å²) < 4.78 is 17.3. The van der Waals surface area contributed by atoms with Crippen molar-refractivity contribution in [3.63, 3.8) is 0 Å². The van der Waals surface area contributed by atoms with Crippen molar-refractivity contribution in [3.05, 3.63) is 97.2 Å². The molecule has 0 amide bonds. The van der Waals surface area contributed by atoms with Gasteiger partial charge >= 0.3 is 11.9 Å². The lowest BCUT2D eigenvalue weighted by molar-refractivity contribution is -0.162. The molecule has 1 atom stereocenters. The minimum atomic E-state index is -0.594. The molecule has 0 fully saturated rings. The lowest BCUT2D eigenvalue weighted by Crippen LogP contribution is -2.30. The highest BCUT2D eigenvalue weighted by molar-refractivity contribution is 5.70. The normalized spacial score (nSPS) is 13.0. The van der Waals surface area contributed by atoms with Crippen LogP contribution in [0.2, 0.25) is 0 Å². The molecule has 0 saturated heterocycles. The molecule has 62 heavy (non-hydrogen) atoms. The SMILES string of the molecule is CC/C=C\C/C=C\C/C=C\C/C=C\C/C=C\CCOCC(COC(=O)CCCCCCCCCCCCCCCCCCC)OC(=O)CCCCC/C=C\C/C=C\C/C=C\CC. The Labute approximate surface area is 383 Å². The molecule has 0 saturated carbocycles. The van der Waals surface area contributed by atoms with Crippen LogP contribution in [0.1, 0.15) is 226 Å². The minimum Gasteiger partial charge on any atom is -0.462 e. The molecule has 0 bridgehead atoms. The van der Waals surface area contributed by atoms with E-state index in [9.17, 15) is 9.59 Å². The van der Waals surface area contributed by atoms with Crippen molar-refractivity contribution >= 4 is 11.9 Å². The molecule has 1 unspecified atom stereocenters. The van der Waals surface area contributed by atoms with Crippen molar-refractivity contribution in [3.8, 4) is 0 Å². The molecule has 0 rings (SSSR count). The average Bonchev–Trinajstić information content (AvgIpc) is 3.27. The second-order valence-electron chi connectivity index (χ2n) is 16.7. The molecule has 5 nitrogen and oxygen atoms in total. The number of ether oxygens (including phenoxy) is 3. The van der Waals surface area contributed by atoms with Gasteiger partial charge in [-0.05, 0) is 83.5 Å². The van der Waals surface area contributed by atoms with Gasteiger partial charge in [0.1, 0.15) is 6.61 Å². The number of hydrogen-bond donors (Lipinski definition) is 0. The quantitative estimate of drug-likeness (QED) is 0.0347. The third-order valence-corrected chi connectivity index (χ3v) is 10.6. The first-order chi connectivity index (χ1) is 30.6. The summed E-state index contributed by atoms with van der Waals surface area (Å²) >= 11 is 0. The van der Waals surface area contributed by atoms with Crippen LogP contribution < -0.4 is 0 Å². The van der Waals surface area contributed by atoms with Gasteiger partial charge in [-0.1, -0.05) is 227 Å². The second-order valence-corrected chi connectivity index (χ2v) is 16.7. The zero-order chi connectivity index (χ0) is 44.9. The van der Waals surface area contributed by atoms with Crippen molar-refractivity contribution in [1.82, 2.24) is 0 Å². The Morgan fingerprint density at radius 1 is 0.371 bits per heavy atom. The first kappa shape index (κ1) is 58.8. The summed E-state index contributed by atoms with van der Waals surface area (Å²) in [6, 6.07) is 0. The highest BCUT2D eigenvalue weighted by Gasteiger charge is 2.17. The van der Waals surface area contributed by atoms with Crippen LogP contribution in [0.4, 0.5) is 0 Å². The minimum absolute atomic E-state index is 0.0410. The zero-order valence-electron chi connectivity index (χ0n) is 40.6. The summed E-state index contributed by atoms with van der Waals surface area (Å²) in [7, 11) is 0. The Balaban J connectivity index is 4.39. The summed E-state index contributed by atoms with van der Waals surface area (Å²) in [5, 5.41) is 0. The summed E-state index contributed by atoms with van der Waals surface area (Å²) in [5.41, 5.74) is 0. The van der Waals surface area contributed by atoms with E-state index in [0.717, 1.165) is 96.3 Å². The Morgan fingerprint density at radius 2 is 0.726 bits per heavy atom. The van der Waals surface area contributed by atoms with E-state index in [4.69, 9.17) is 14.2 Å². The third-order valence-electron chi connectivity index (χ3n) is 10.6. The summed E-state index contributed by atoms with van der Waals surface area (Å²) in [6.07, 6.45) is 70.1. The van der Waals surface area contributed by atoms with Gasteiger partial charge in [-0.25, -0.2) is 0 Å². The number of rotatable bonds is 46. The fourth-order valence-corrected chi connectivity index (χ4v) is 6.88. The van der Waals surface area contributed by atoms with Gasteiger partial charge in [-0.3, -0.25) is 9.59 Å². The van der Waals surface area contributed by atoms with Crippen molar-refractivity contribution < 1.29 is 23.8 Å².